The largest absolute Gasteiger partial charge is 0.459 e. The third-order valence-corrected chi connectivity index (χ3v) is 4.31. The van der Waals surface area contributed by atoms with Gasteiger partial charge in [-0.3, -0.25) is 14.5 Å². The molecule has 0 bridgehead atoms. The predicted octanol–water partition coefficient (Wildman–Crippen LogP) is 1.55. The Morgan fingerprint density at radius 2 is 2.15 bits per heavy atom. The Morgan fingerprint density at radius 3 is 2.74 bits per heavy atom. The normalized spacial score (nSPS) is 12.7. The molecule has 1 atom stereocenters. The van der Waals surface area contributed by atoms with Gasteiger partial charge in [-0.2, -0.15) is 5.10 Å². The summed E-state index contributed by atoms with van der Waals surface area (Å²) >= 11 is 0. The molecular formula is C19H30N6O2. The molecule has 3 N–H and O–H groups in total. The van der Waals surface area contributed by atoms with Crippen LogP contribution < -0.4 is 16.0 Å². The van der Waals surface area contributed by atoms with E-state index in [0.29, 0.717) is 18.8 Å². The van der Waals surface area contributed by atoms with E-state index in [2.05, 4.69) is 39.9 Å². The lowest BCUT2D eigenvalue weighted by atomic mass is 10.1. The van der Waals surface area contributed by atoms with E-state index in [1.165, 1.54) is 17.5 Å². The summed E-state index contributed by atoms with van der Waals surface area (Å²) in [4.78, 5) is 16.4. The Kier molecular flexibility index (Phi) is 7.45. The van der Waals surface area contributed by atoms with E-state index in [4.69, 9.17) is 4.42 Å². The first-order valence-corrected chi connectivity index (χ1v) is 9.28. The Morgan fingerprint density at radius 1 is 1.37 bits per heavy atom. The van der Waals surface area contributed by atoms with Gasteiger partial charge in [0.05, 0.1) is 18.5 Å². The molecule has 0 aliphatic heterocycles. The number of carbonyl (C=O) groups is 1. The van der Waals surface area contributed by atoms with Gasteiger partial charge in [-0.05, 0) is 51.8 Å². The van der Waals surface area contributed by atoms with Gasteiger partial charge in [0.25, 0.3) is 5.91 Å². The number of carbonyl (C=O) groups excluding carboxylic acids is 1. The zero-order valence-electron chi connectivity index (χ0n) is 16.8. The van der Waals surface area contributed by atoms with Crippen molar-refractivity contribution in [1.29, 1.82) is 0 Å². The molecule has 0 saturated heterocycles. The molecule has 2 aromatic rings. The van der Waals surface area contributed by atoms with Crippen LogP contribution in [0.3, 0.4) is 0 Å². The maximum Gasteiger partial charge on any atom is 0.287 e. The number of aliphatic imine (C=N–C) groups is 1. The number of aryl methyl sites for hydroxylation is 2. The van der Waals surface area contributed by atoms with Gasteiger partial charge in [0, 0.05) is 31.9 Å². The molecule has 0 saturated carbocycles. The van der Waals surface area contributed by atoms with Crippen molar-refractivity contribution >= 4 is 11.9 Å². The van der Waals surface area contributed by atoms with Crippen molar-refractivity contribution < 1.29 is 9.21 Å². The number of amides is 1. The SMILES string of the molecule is CCNC(=NCCNC(=O)c1ccco1)NC(C)Cc1c(C)nn(C)c1C. The number of guanidine groups is 1. The molecule has 2 rings (SSSR count). The van der Waals surface area contributed by atoms with Crippen LogP contribution in [0.15, 0.2) is 27.8 Å². The summed E-state index contributed by atoms with van der Waals surface area (Å²) in [6, 6.07) is 3.52. The van der Waals surface area contributed by atoms with Crippen LogP contribution in [0.4, 0.5) is 0 Å². The topological polar surface area (TPSA) is 96.5 Å². The molecule has 8 nitrogen and oxygen atoms in total. The van der Waals surface area contributed by atoms with Crippen molar-refractivity contribution in [3.8, 4) is 0 Å². The molecule has 27 heavy (non-hydrogen) atoms. The van der Waals surface area contributed by atoms with Crippen molar-refractivity contribution in [1.82, 2.24) is 25.7 Å². The quantitative estimate of drug-likeness (QED) is 0.370. The van der Waals surface area contributed by atoms with E-state index in [9.17, 15) is 4.79 Å². The van der Waals surface area contributed by atoms with E-state index in [1.807, 2.05) is 25.6 Å². The molecule has 1 unspecified atom stereocenters. The van der Waals surface area contributed by atoms with E-state index < -0.39 is 0 Å². The summed E-state index contributed by atoms with van der Waals surface area (Å²) in [7, 11) is 1.96. The van der Waals surface area contributed by atoms with Crippen molar-refractivity contribution in [2.75, 3.05) is 19.6 Å². The van der Waals surface area contributed by atoms with Crippen molar-refractivity contribution in [3.63, 3.8) is 0 Å². The van der Waals surface area contributed by atoms with Crippen LogP contribution in [0.2, 0.25) is 0 Å². The van der Waals surface area contributed by atoms with Gasteiger partial charge in [-0.25, -0.2) is 0 Å². The number of furan rings is 1. The number of hydrogen-bond donors (Lipinski definition) is 3. The third-order valence-electron chi connectivity index (χ3n) is 4.31. The van der Waals surface area contributed by atoms with Gasteiger partial charge in [-0.15, -0.1) is 0 Å². The maximum absolute atomic E-state index is 11.8. The predicted molar refractivity (Wildman–Crippen MR) is 106 cm³/mol. The molecule has 0 fully saturated rings. The highest BCUT2D eigenvalue weighted by atomic mass is 16.3. The second kappa shape index (κ2) is 9.80. The molecule has 0 radical (unpaired) electrons. The zero-order valence-corrected chi connectivity index (χ0v) is 16.8. The second-order valence-corrected chi connectivity index (χ2v) is 6.52. The molecule has 0 spiro atoms. The van der Waals surface area contributed by atoms with Gasteiger partial charge in [0.2, 0.25) is 0 Å². The Labute approximate surface area is 160 Å². The highest BCUT2D eigenvalue weighted by Gasteiger charge is 2.14. The molecule has 2 heterocycles. The number of hydrogen-bond acceptors (Lipinski definition) is 4. The van der Waals surface area contributed by atoms with Crippen LogP contribution in [0.1, 0.15) is 41.4 Å². The summed E-state index contributed by atoms with van der Waals surface area (Å²) in [5.41, 5.74) is 3.51. The van der Waals surface area contributed by atoms with Gasteiger partial charge < -0.3 is 20.4 Å². The average Bonchev–Trinajstić information content (AvgIpc) is 3.24. The number of nitrogens with zero attached hydrogens (tertiary/aromatic N) is 3. The number of rotatable bonds is 8. The van der Waals surface area contributed by atoms with Gasteiger partial charge in [-0.1, -0.05) is 0 Å². The summed E-state index contributed by atoms with van der Waals surface area (Å²) in [6.07, 6.45) is 2.35. The van der Waals surface area contributed by atoms with Crippen LogP contribution in [-0.2, 0) is 13.5 Å². The van der Waals surface area contributed by atoms with Crippen LogP contribution in [-0.4, -0.2) is 47.3 Å². The highest BCUT2D eigenvalue weighted by molar-refractivity contribution is 5.91. The zero-order chi connectivity index (χ0) is 19.8. The first kappa shape index (κ1) is 20.5. The van der Waals surface area contributed by atoms with Crippen molar-refractivity contribution in [2.24, 2.45) is 12.0 Å². The Balaban J connectivity index is 1.85. The van der Waals surface area contributed by atoms with Crippen LogP contribution >= 0.6 is 0 Å². The lowest BCUT2D eigenvalue weighted by Crippen LogP contribution is -2.43. The molecule has 148 valence electrons. The summed E-state index contributed by atoms with van der Waals surface area (Å²) in [6.45, 7) is 9.94. The fourth-order valence-corrected chi connectivity index (χ4v) is 2.86. The standard InChI is InChI=1S/C19H30N6O2/c1-6-20-19(22-10-9-21-18(26)17-8-7-11-27-17)23-13(2)12-16-14(3)24-25(5)15(16)4/h7-8,11,13H,6,9-10,12H2,1-5H3,(H,21,26)(H2,20,22,23). The molecule has 8 heteroatoms. The maximum atomic E-state index is 11.8. The van der Waals surface area contributed by atoms with Crippen LogP contribution in [0.25, 0.3) is 0 Å². The van der Waals surface area contributed by atoms with E-state index in [1.54, 1.807) is 12.1 Å². The molecule has 1 amide bonds. The lowest BCUT2D eigenvalue weighted by molar-refractivity contribution is 0.0927. The Bertz CT molecular complexity index is 764. The first-order chi connectivity index (χ1) is 12.9. The monoisotopic (exact) mass is 374 g/mol. The highest BCUT2D eigenvalue weighted by Crippen LogP contribution is 2.14. The molecule has 2 aromatic heterocycles. The molecule has 0 aliphatic carbocycles. The van der Waals surface area contributed by atoms with E-state index in [0.717, 1.165) is 24.6 Å². The summed E-state index contributed by atoms with van der Waals surface area (Å²) in [5, 5.41) is 13.9. The molecular weight excluding hydrogens is 344 g/mol. The van der Waals surface area contributed by atoms with Gasteiger partial charge in [0.1, 0.15) is 0 Å². The Hall–Kier alpha value is -2.77. The van der Waals surface area contributed by atoms with Crippen molar-refractivity contribution in [3.05, 3.63) is 41.1 Å². The number of nitrogens with one attached hydrogen (secondary N) is 3. The van der Waals surface area contributed by atoms with Crippen LogP contribution in [0, 0.1) is 13.8 Å². The summed E-state index contributed by atoms with van der Waals surface area (Å²) < 4.78 is 6.98. The van der Waals surface area contributed by atoms with Gasteiger partial charge in [0.15, 0.2) is 11.7 Å². The van der Waals surface area contributed by atoms with Gasteiger partial charge >= 0.3 is 0 Å². The van der Waals surface area contributed by atoms with E-state index in [-0.39, 0.29) is 11.9 Å². The smallest absolute Gasteiger partial charge is 0.287 e. The first-order valence-electron chi connectivity index (χ1n) is 9.28. The number of aromatic nitrogens is 2. The fourth-order valence-electron chi connectivity index (χ4n) is 2.86. The van der Waals surface area contributed by atoms with Crippen molar-refractivity contribution in [2.45, 2.75) is 40.2 Å². The third kappa shape index (κ3) is 5.87. The molecule has 0 aliphatic rings. The minimum atomic E-state index is -0.232. The van der Waals surface area contributed by atoms with Crippen LogP contribution in [0.5, 0.6) is 0 Å². The average molecular weight is 374 g/mol. The molecule has 0 aromatic carbocycles. The van der Waals surface area contributed by atoms with E-state index >= 15 is 0 Å². The second-order valence-electron chi connectivity index (χ2n) is 6.52. The minimum Gasteiger partial charge on any atom is -0.459 e. The lowest BCUT2D eigenvalue weighted by Gasteiger charge is -2.18. The summed E-state index contributed by atoms with van der Waals surface area (Å²) in [5.74, 6) is 0.806. The fraction of sp³-hybridized carbons (Fsp3) is 0.526. The minimum absolute atomic E-state index is 0.196.